The van der Waals surface area contributed by atoms with Gasteiger partial charge in [0.2, 0.25) is 0 Å². The van der Waals surface area contributed by atoms with E-state index in [-0.39, 0.29) is 5.54 Å². The van der Waals surface area contributed by atoms with Gasteiger partial charge in [-0.1, -0.05) is 13.8 Å². The van der Waals surface area contributed by atoms with E-state index >= 15 is 0 Å². The predicted molar refractivity (Wildman–Crippen MR) is 79.3 cm³/mol. The summed E-state index contributed by atoms with van der Waals surface area (Å²) in [6.45, 7) is 10.8. The Balaban J connectivity index is 1.76. The average Bonchev–Trinajstić information content (AvgIpc) is 2.91. The SMILES string of the molecule is CC(C)CN1CCC(CN)(NCC2CCCO2)CC1. The Morgan fingerprint density at radius 3 is 2.63 bits per heavy atom. The number of piperidine rings is 1. The topological polar surface area (TPSA) is 50.5 Å². The lowest BCUT2D eigenvalue weighted by atomic mass is 9.87. The molecule has 4 heteroatoms. The number of ether oxygens (including phenoxy) is 1. The maximum atomic E-state index is 6.05. The van der Waals surface area contributed by atoms with Crippen LogP contribution in [0.2, 0.25) is 0 Å². The van der Waals surface area contributed by atoms with Crippen molar-refractivity contribution >= 4 is 0 Å². The molecule has 2 aliphatic rings. The Morgan fingerprint density at radius 1 is 1.37 bits per heavy atom. The van der Waals surface area contributed by atoms with Gasteiger partial charge in [-0.3, -0.25) is 0 Å². The molecular formula is C15H31N3O. The molecule has 2 heterocycles. The summed E-state index contributed by atoms with van der Waals surface area (Å²) in [5.41, 5.74) is 6.20. The van der Waals surface area contributed by atoms with E-state index in [1.807, 2.05) is 0 Å². The van der Waals surface area contributed by atoms with Gasteiger partial charge in [0.05, 0.1) is 6.10 Å². The Bertz CT molecular complexity index is 256. The molecule has 0 bridgehead atoms. The van der Waals surface area contributed by atoms with Crippen molar-refractivity contribution in [3.8, 4) is 0 Å². The van der Waals surface area contributed by atoms with Crippen molar-refractivity contribution in [2.75, 3.05) is 39.3 Å². The second kappa shape index (κ2) is 7.02. The molecule has 19 heavy (non-hydrogen) atoms. The fourth-order valence-corrected chi connectivity index (χ4v) is 3.27. The molecule has 0 aromatic rings. The molecule has 0 radical (unpaired) electrons. The van der Waals surface area contributed by atoms with Gasteiger partial charge in [-0.25, -0.2) is 0 Å². The van der Waals surface area contributed by atoms with E-state index in [2.05, 4.69) is 24.1 Å². The van der Waals surface area contributed by atoms with Gasteiger partial charge < -0.3 is 20.7 Å². The Morgan fingerprint density at radius 2 is 2.11 bits per heavy atom. The zero-order chi connectivity index (χ0) is 13.7. The number of nitrogens with two attached hydrogens (primary N) is 1. The monoisotopic (exact) mass is 269 g/mol. The zero-order valence-electron chi connectivity index (χ0n) is 12.7. The van der Waals surface area contributed by atoms with Gasteiger partial charge in [0.15, 0.2) is 0 Å². The van der Waals surface area contributed by atoms with Crippen LogP contribution in [-0.4, -0.2) is 55.9 Å². The minimum atomic E-state index is 0.152. The highest BCUT2D eigenvalue weighted by Crippen LogP contribution is 2.23. The third-order valence-corrected chi connectivity index (χ3v) is 4.56. The van der Waals surface area contributed by atoms with Crippen molar-refractivity contribution in [1.29, 1.82) is 0 Å². The van der Waals surface area contributed by atoms with Crippen molar-refractivity contribution in [3.63, 3.8) is 0 Å². The second-order valence-electron chi connectivity index (χ2n) is 6.69. The first-order chi connectivity index (χ1) is 9.13. The molecule has 0 spiro atoms. The highest BCUT2D eigenvalue weighted by Gasteiger charge is 2.33. The van der Waals surface area contributed by atoms with E-state index in [0.29, 0.717) is 6.10 Å². The van der Waals surface area contributed by atoms with Crippen molar-refractivity contribution in [2.24, 2.45) is 11.7 Å². The summed E-state index contributed by atoms with van der Waals surface area (Å²) < 4.78 is 5.69. The average molecular weight is 269 g/mol. The number of nitrogens with one attached hydrogen (secondary N) is 1. The van der Waals surface area contributed by atoms with Gasteiger partial charge in [-0.2, -0.15) is 0 Å². The molecule has 2 rings (SSSR count). The van der Waals surface area contributed by atoms with E-state index in [4.69, 9.17) is 10.5 Å². The van der Waals surface area contributed by atoms with Crippen LogP contribution in [0.3, 0.4) is 0 Å². The lowest BCUT2D eigenvalue weighted by Gasteiger charge is -2.43. The molecule has 3 N–H and O–H groups in total. The largest absolute Gasteiger partial charge is 0.377 e. The number of nitrogens with zero attached hydrogens (tertiary/aromatic N) is 1. The molecule has 1 unspecified atom stereocenters. The van der Waals surface area contributed by atoms with Gasteiger partial charge in [0.1, 0.15) is 0 Å². The standard InChI is InChI=1S/C15H31N3O/c1-13(2)11-18-7-5-15(12-16,6-8-18)17-10-14-4-3-9-19-14/h13-14,17H,3-12,16H2,1-2H3. The van der Waals surface area contributed by atoms with Crippen LogP contribution >= 0.6 is 0 Å². The summed E-state index contributed by atoms with van der Waals surface area (Å²) in [4.78, 5) is 2.58. The molecule has 4 nitrogen and oxygen atoms in total. The molecular weight excluding hydrogens is 238 g/mol. The highest BCUT2D eigenvalue weighted by atomic mass is 16.5. The number of hydrogen-bond donors (Lipinski definition) is 2. The number of rotatable bonds is 6. The van der Waals surface area contributed by atoms with Gasteiger partial charge in [-0.15, -0.1) is 0 Å². The first-order valence-electron chi connectivity index (χ1n) is 7.92. The maximum absolute atomic E-state index is 6.05. The number of hydrogen-bond acceptors (Lipinski definition) is 4. The third-order valence-electron chi connectivity index (χ3n) is 4.56. The van der Waals surface area contributed by atoms with Crippen LogP contribution in [0.25, 0.3) is 0 Å². The minimum Gasteiger partial charge on any atom is -0.377 e. The maximum Gasteiger partial charge on any atom is 0.0700 e. The van der Waals surface area contributed by atoms with E-state index in [9.17, 15) is 0 Å². The summed E-state index contributed by atoms with van der Waals surface area (Å²) in [6.07, 6.45) is 5.17. The Labute approximate surface area is 118 Å². The first-order valence-corrected chi connectivity index (χ1v) is 7.92. The van der Waals surface area contributed by atoms with Crippen molar-refractivity contribution < 1.29 is 4.74 Å². The lowest BCUT2D eigenvalue weighted by Crippen LogP contribution is -2.59. The number of likely N-dealkylation sites (tertiary alicyclic amines) is 1. The predicted octanol–water partition coefficient (Wildman–Crippen LogP) is 1.20. The van der Waals surface area contributed by atoms with E-state index < -0.39 is 0 Å². The fraction of sp³-hybridized carbons (Fsp3) is 1.00. The molecule has 2 saturated heterocycles. The van der Waals surface area contributed by atoms with Crippen LogP contribution in [0.4, 0.5) is 0 Å². The third kappa shape index (κ3) is 4.42. The summed E-state index contributed by atoms with van der Waals surface area (Å²) in [7, 11) is 0. The highest BCUT2D eigenvalue weighted by molar-refractivity contribution is 4.95. The van der Waals surface area contributed by atoms with Crippen LogP contribution in [-0.2, 0) is 4.74 Å². The normalized spacial score (nSPS) is 28.1. The van der Waals surface area contributed by atoms with Crippen LogP contribution in [0, 0.1) is 5.92 Å². The summed E-state index contributed by atoms with van der Waals surface area (Å²) in [5, 5.41) is 3.72. The van der Waals surface area contributed by atoms with Gasteiger partial charge in [-0.05, 0) is 44.7 Å². The van der Waals surface area contributed by atoms with Crippen LogP contribution in [0.5, 0.6) is 0 Å². The Hall–Kier alpha value is -0.160. The van der Waals surface area contributed by atoms with Crippen molar-refractivity contribution in [2.45, 2.75) is 51.2 Å². The van der Waals surface area contributed by atoms with Gasteiger partial charge >= 0.3 is 0 Å². The van der Waals surface area contributed by atoms with Gasteiger partial charge in [0.25, 0.3) is 0 Å². The van der Waals surface area contributed by atoms with Crippen LogP contribution in [0.15, 0.2) is 0 Å². The summed E-state index contributed by atoms with van der Waals surface area (Å²) in [6, 6.07) is 0. The van der Waals surface area contributed by atoms with Crippen LogP contribution in [0.1, 0.15) is 39.5 Å². The zero-order valence-corrected chi connectivity index (χ0v) is 12.7. The quantitative estimate of drug-likeness (QED) is 0.761. The molecule has 0 saturated carbocycles. The second-order valence-corrected chi connectivity index (χ2v) is 6.69. The first kappa shape index (κ1) is 15.2. The lowest BCUT2D eigenvalue weighted by molar-refractivity contribution is 0.0824. The van der Waals surface area contributed by atoms with Crippen molar-refractivity contribution in [1.82, 2.24) is 10.2 Å². The molecule has 2 fully saturated rings. The van der Waals surface area contributed by atoms with E-state index in [0.717, 1.165) is 25.6 Å². The summed E-state index contributed by atoms with van der Waals surface area (Å²) >= 11 is 0. The van der Waals surface area contributed by atoms with Crippen LogP contribution < -0.4 is 11.1 Å². The molecule has 1 atom stereocenters. The molecule has 0 aromatic carbocycles. The molecule has 2 aliphatic heterocycles. The molecule has 0 aromatic heterocycles. The molecule has 112 valence electrons. The smallest absolute Gasteiger partial charge is 0.0700 e. The van der Waals surface area contributed by atoms with E-state index in [1.54, 1.807) is 0 Å². The fourth-order valence-electron chi connectivity index (χ4n) is 3.27. The summed E-state index contributed by atoms with van der Waals surface area (Å²) in [5.74, 6) is 0.755. The van der Waals surface area contributed by atoms with Crippen molar-refractivity contribution in [3.05, 3.63) is 0 Å². The molecule has 0 aliphatic carbocycles. The van der Waals surface area contributed by atoms with Gasteiger partial charge in [0, 0.05) is 31.8 Å². The Kier molecular flexibility index (Phi) is 5.63. The minimum absolute atomic E-state index is 0.152. The van der Waals surface area contributed by atoms with E-state index in [1.165, 1.54) is 45.3 Å². The molecule has 0 amide bonds.